The van der Waals surface area contributed by atoms with Gasteiger partial charge in [-0.15, -0.1) is 0 Å². The molecule has 0 radical (unpaired) electrons. The molecule has 1 aromatic carbocycles. The number of hydrogen-bond donors (Lipinski definition) is 2. The minimum Gasteiger partial charge on any atom is -0.490 e. The zero-order valence-electron chi connectivity index (χ0n) is 11.5. The Bertz CT molecular complexity index is 474. The zero-order chi connectivity index (χ0) is 14.5. The van der Waals surface area contributed by atoms with Crippen molar-refractivity contribution in [2.45, 2.75) is 31.8 Å². The molecule has 110 valence electrons. The summed E-state index contributed by atoms with van der Waals surface area (Å²) in [4.78, 5) is 10.5. The highest BCUT2D eigenvalue weighted by Crippen LogP contribution is 2.34. The van der Waals surface area contributed by atoms with Gasteiger partial charge >= 0.3 is 5.69 Å². The van der Waals surface area contributed by atoms with Crippen LogP contribution in [0.4, 0.5) is 5.69 Å². The molecule has 1 aliphatic rings. The maximum absolute atomic E-state index is 11.0. The predicted molar refractivity (Wildman–Crippen MR) is 74.7 cm³/mol. The number of aliphatic hydroxyl groups is 1. The van der Waals surface area contributed by atoms with Crippen LogP contribution in [-0.4, -0.2) is 29.8 Å². The van der Waals surface area contributed by atoms with E-state index < -0.39 is 4.92 Å². The van der Waals surface area contributed by atoms with Crippen molar-refractivity contribution in [1.29, 1.82) is 0 Å². The van der Waals surface area contributed by atoms with Gasteiger partial charge in [0, 0.05) is 25.3 Å². The van der Waals surface area contributed by atoms with Gasteiger partial charge in [0.15, 0.2) is 5.75 Å². The van der Waals surface area contributed by atoms with Crippen molar-refractivity contribution >= 4 is 5.69 Å². The molecule has 0 amide bonds. The first-order chi connectivity index (χ1) is 9.65. The highest BCUT2D eigenvalue weighted by atomic mass is 16.6. The number of rotatable bonds is 8. The molecular formula is C14H20N2O4. The third-order valence-electron chi connectivity index (χ3n) is 3.64. The molecular weight excluding hydrogens is 260 g/mol. The topological polar surface area (TPSA) is 84.6 Å². The summed E-state index contributed by atoms with van der Waals surface area (Å²) in [5, 5.41) is 23.4. The molecule has 0 aromatic heterocycles. The van der Waals surface area contributed by atoms with Crippen molar-refractivity contribution in [2.75, 3.05) is 13.7 Å². The second kappa shape index (κ2) is 6.67. The minimum atomic E-state index is -0.436. The number of aliphatic hydroxyl groups excluding tert-OH is 1. The van der Waals surface area contributed by atoms with Crippen molar-refractivity contribution in [3.05, 3.63) is 33.9 Å². The molecule has 1 fully saturated rings. The summed E-state index contributed by atoms with van der Waals surface area (Å²) in [6, 6.07) is 5.27. The number of hydrogen-bond acceptors (Lipinski definition) is 5. The van der Waals surface area contributed by atoms with Gasteiger partial charge in [-0.25, -0.2) is 0 Å². The SMILES string of the molecule is COc1ccc(CNC(CCO)C2CC2)cc1[N+](=O)[O-]. The van der Waals surface area contributed by atoms with Crippen LogP contribution < -0.4 is 10.1 Å². The summed E-state index contributed by atoms with van der Waals surface area (Å²) in [7, 11) is 1.42. The smallest absolute Gasteiger partial charge is 0.311 e. The van der Waals surface area contributed by atoms with Gasteiger partial charge in [-0.2, -0.15) is 0 Å². The largest absolute Gasteiger partial charge is 0.490 e. The molecule has 1 aliphatic carbocycles. The van der Waals surface area contributed by atoms with E-state index >= 15 is 0 Å². The van der Waals surface area contributed by atoms with Crippen LogP contribution in [0.2, 0.25) is 0 Å². The lowest BCUT2D eigenvalue weighted by Crippen LogP contribution is -2.31. The molecule has 1 saturated carbocycles. The molecule has 2 N–H and O–H groups in total. The van der Waals surface area contributed by atoms with E-state index in [1.165, 1.54) is 26.0 Å². The molecule has 0 bridgehead atoms. The lowest BCUT2D eigenvalue weighted by atomic mass is 10.1. The van der Waals surface area contributed by atoms with Crippen LogP contribution >= 0.6 is 0 Å². The second-order valence-corrected chi connectivity index (χ2v) is 5.10. The Balaban J connectivity index is 2.01. The fraction of sp³-hybridized carbons (Fsp3) is 0.571. The van der Waals surface area contributed by atoms with Gasteiger partial charge in [-0.3, -0.25) is 10.1 Å². The number of nitrogens with one attached hydrogen (secondary N) is 1. The number of benzene rings is 1. The average molecular weight is 280 g/mol. The van der Waals surface area contributed by atoms with Crippen molar-refractivity contribution < 1.29 is 14.8 Å². The number of ether oxygens (including phenoxy) is 1. The van der Waals surface area contributed by atoms with Crippen LogP contribution in [0.5, 0.6) is 5.75 Å². The third kappa shape index (κ3) is 3.68. The molecule has 2 rings (SSSR count). The van der Waals surface area contributed by atoms with Gasteiger partial charge in [-0.1, -0.05) is 6.07 Å². The minimum absolute atomic E-state index is 0.0167. The lowest BCUT2D eigenvalue weighted by Gasteiger charge is -2.17. The maximum Gasteiger partial charge on any atom is 0.311 e. The van der Waals surface area contributed by atoms with Crippen molar-refractivity contribution in [3.63, 3.8) is 0 Å². The third-order valence-corrected chi connectivity index (χ3v) is 3.64. The molecule has 1 atom stereocenters. The first kappa shape index (κ1) is 14.7. The Labute approximate surface area is 117 Å². The summed E-state index contributed by atoms with van der Waals surface area (Å²) in [6.07, 6.45) is 3.11. The predicted octanol–water partition coefficient (Wildman–Crippen LogP) is 1.85. The van der Waals surface area contributed by atoms with E-state index in [1.807, 2.05) is 6.07 Å². The summed E-state index contributed by atoms with van der Waals surface area (Å²) in [6.45, 7) is 0.725. The molecule has 1 unspecified atom stereocenters. The fourth-order valence-electron chi connectivity index (χ4n) is 2.38. The van der Waals surface area contributed by atoms with Crippen LogP contribution in [0.3, 0.4) is 0 Å². The molecule has 0 spiro atoms. The van der Waals surface area contributed by atoms with Crippen LogP contribution in [0.1, 0.15) is 24.8 Å². The van der Waals surface area contributed by atoms with Gasteiger partial charge in [0.1, 0.15) is 0 Å². The van der Waals surface area contributed by atoms with E-state index in [0.29, 0.717) is 18.5 Å². The summed E-state index contributed by atoms with van der Waals surface area (Å²) in [5.41, 5.74) is 0.831. The molecule has 6 heteroatoms. The van der Waals surface area contributed by atoms with E-state index in [-0.39, 0.29) is 18.0 Å². The normalized spacial score (nSPS) is 15.9. The molecule has 0 heterocycles. The van der Waals surface area contributed by atoms with E-state index in [9.17, 15) is 10.1 Å². The first-order valence-corrected chi connectivity index (χ1v) is 6.81. The fourth-order valence-corrected chi connectivity index (χ4v) is 2.38. The van der Waals surface area contributed by atoms with Gasteiger partial charge in [0.25, 0.3) is 0 Å². The van der Waals surface area contributed by atoms with E-state index in [1.54, 1.807) is 6.07 Å². The van der Waals surface area contributed by atoms with Crippen molar-refractivity contribution in [3.8, 4) is 5.75 Å². The molecule has 20 heavy (non-hydrogen) atoms. The Morgan fingerprint density at radius 1 is 1.55 bits per heavy atom. The monoisotopic (exact) mass is 280 g/mol. The van der Waals surface area contributed by atoms with Gasteiger partial charge in [0.2, 0.25) is 0 Å². The van der Waals surface area contributed by atoms with Gasteiger partial charge < -0.3 is 15.2 Å². The van der Waals surface area contributed by atoms with E-state index in [2.05, 4.69) is 5.32 Å². The highest BCUT2D eigenvalue weighted by Gasteiger charge is 2.30. The molecule has 1 aromatic rings. The molecule has 0 aliphatic heterocycles. The van der Waals surface area contributed by atoms with Gasteiger partial charge in [-0.05, 0) is 36.8 Å². The second-order valence-electron chi connectivity index (χ2n) is 5.10. The van der Waals surface area contributed by atoms with Crippen LogP contribution in [0.15, 0.2) is 18.2 Å². The van der Waals surface area contributed by atoms with Gasteiger partial charge in [0.05, 0.1) is 12.0 Å². The standard InChI is InChI=1S/C14H20N2O4/c1-20-14-5-2-10(8-13(14)16(18)19)9-15-12(6-7-17)11-3-4-11/h2,5,8,11-12,15,17H,3-4,6-7,9H2,1H3. The number of methoxy groups -OCH3 is 1. The van der Waals surface area contributed by atoms with Crippen LogP contribution in [0, 0.1) is 16.0 Å². The summed E-state index contributed by atoms with van der Waals surface area (Å²) in [5.74, 6) is 0.906. The Hall–Kier alpha value is -1.66. The first-order valence-electron chi connectivity index (χ1n) is 6.81. The highest BCUT2D eigenvalue weighted by molar-refractivity contribution is 5.48. The van der Waals surface area contributed by atoms with E-state index in [0.717, 1.165) is 12.0 Å². The van der Waals surface area contributed by atoms with Crippen LogP contribution in [0.25, 0.3) is 0 Å². The molecule has 6 nitrogen and oxygen atoms in total. The zero-order valence-corrected chi connectivity index (χ0v) is 11.5. The van der Waals surface area contributed by atoms with Crippen molar-refractivity contribution in [1.82, 2.24) is 5.32 Å². The number of nitro groups is 1. The quantitative estimate of drug-likeness (QED) is 0.561. The number of nitrogens with zero attached hydrogens (tertiary/aromatic N) is 1. The number of nitro benzene ring substituents is 1. The summed E-state index contributed by atoms with van der Waals surface area (Å²) < 4.78 is 4.98. The van der Waals surface area contributed by atoms with Crippen LogP contribution in [-0.2, 0) is 6.54 Å². The van der Waals surface area contributed by atoms with E-state index in [4.69, 9.17) is 9.84 Å². The Morgan fingerprint density at radius 2 is 2.30 bits per heavy atom. The summed E-state index contributed by atoms with van der Waals surface area (Å²) >= 11 is 0. The Kier molecular flexibility index (Phi) is 4.92. The lowest BCUT2D eigenvalue weighted by molar-refractivity contribution is -0.385. The maximum atomic E-state index is 11.0. The molecule has 0 saturated heterocycles. The van der Waals surface area contributed by atoms with Crippen molar-refractivity contribution in [2.24, 2.45) is 5.92 Å². The Morgan fingerprint density at radius 3 is 2.85 bits per heavy atom. The average Bonchev–Trinajstić information content (AvgIpc) is 3.27.